The summed E-state index contributed by atoms with van der Waals surface area (Å²) in [5.41, 5.74) is 8.35. The topological polar surface area (TPSA) is 52.0 Å². The Morgan fingerprint density at radius 1 is 1.00 bits per heavy atom. The maximum atomic E-state index is 6.25. The van der Waals surface area contributed by atoms with Gasteiger partial charge >= 0.3 is 0 Å². The predicted octanol–water partition coefficient (Wildman–Crippen LogP) is 5.01. The van der Waals surface area contributed by atoms with Crippen LogP contribution in [0.4, 0.5) is 5.82 Å². The summed E-state index contributed by atoms with van der Waals surface area (Å²) < 4.78 is 6.31. The fourth-order valence-electron chi connectivity index (χ4n) is 2.06. The zero-order chi connectivity index (χ0) is 14.1. The Morgan fingerprint density at radius 2 is 1.65 bits per heavy atom. The summed E-state index contributed by atoms with van der Waals surface area (Å²) in [6.07, 6.45) is 0. The molecule has 100 valence electrons. The standard InChI is InChI=1S/C15H10BrClN2O/c16-11-7-3-1-5-9(11)14-13(15(18)19-20-14)10-6-2-4-8-12(10)17/h1-8H,(H2,18,19). The molecule has 0 spiro atoms. The average molecular weight is 350 g/mol. The lowest BCUT2D eigenvalue weighted by atomic mass is 10.0. The third kappa shape index (κ3) is 2.21. The van der Waals surface area contributed by atoms with Crippen molar-refractivity contribution >= 4 is 33.3 Å². The molecule has 3 nitrogen and oxygen atoms in total. The van der Waals surface area contributed by atoms with Gasteiger partial charge in [-0.3, -0.25) is 0 Å². The van der Waals surface area contributed by atoms with Crippen molar-refractivity contribution in [3.8, 4) is 22.5 Å². The highest BCUT2D eigenvalue weighted by atomic mass is 79.9. The van der Waals surface area contributed by atoms with E-state index in [1.165, 1.54) is 0 Å². The first kappa shape index (κ1) is 13.2. The molecule has 0 amide bonds. The third-order valence-electron chi connectivity index (χ3n) is 2.98. The minimum Gasteiger partial charge on any atom is -0.380 e. The van der Waals surface area contributed by atoms with Crippen LogP contribution in [0.3, 0.4) is 0 Å². The van der Waals surface area contributed by atoms with Gasteiger partial charge in [0.25, 0.3) is 0 Å². The summed E-state index contributed by atoms with van der Waals surface area (Å²) in [5, 5.41) is 4.48. The first-order valence-corrected chi connectivity index (χ1v) is 7.10. The van der Waals surface area contributed by atoms with Gasteiger partial charge in [-0.15, -0.1) is 0 Å². The highest BCUT2D eigenvalue weighted by Gasteiger charge is 2.20. The lowest BCUT2D eigenvalue weighted by Gasteiger charge is -2.06. The molecular formula is C15H10BrClN2O. The largest absolute Gasteiger partial charge is 0.380 e. The maximum Gasteiger partial charge on any atom is 0.178 e. The summed E-state index contributed by atoms with van der Waals surface area (Å²) >= 11 is 9.76. The Labute approximate surface area is 129 Å². The number of benzene rings is 2. The van der Waals surface area contributed by atoms with Crippen LogP contribution in [0.1, 0.15) is 0 Å². The second-order valence-corrected chi connectivity index (χ2v) is 5.49. The zero-order valence-corrected chi connectivity index (χ0v) is 12.6. The van der Waals surface area contributed by atoms with Crippen molar-refractivity contribution in [3.63, 3.8) is 0 Å². The van der Waals surface area contributed by atoms with Crippen molar-refractivity contribution in [2.45, 2.75) is 0 Å². The number of nitrogens with zero attached hydrogens (tertiary/aromatic N) is 1. The maximum absolute atomic E-state index is 6.25. The Kier molecular flexibility index (Phi) is 3.51. The molecule has 0 radical (unpaired) electrons. The van der Waals surface area contributed by atoms with Gasteiger partial charge in [0, 0.05) is 20.6 Å². The smallest absolute Gasteiger partial charge is 0.178 e. The Balaban J connectivity index is 2.26. The van der Waals surface area contributed by atoms with Gasteiger partial charge < -0.3 is 10.3 Å². The normalized spacial score (nSPS) is 10.7. The number of anilines is 1. The van der Waals surface area contributed by atoms with Crippen molar-refractivity contribution in [2.24, 2.45) is 0 Å². The van der Waals surface area contributed by atoms with E-state index >= 15 is 0 Å². The lowest BCUT2D eigenvalue weighted by molar-refractivity contribution is 0.436. The molecule has 0 atom stereocenters. The second kappa shape index (κ2) is 5.31. The fourth-order valence-corrected chi connectivity index (χ4v) is 2.75. The van der Waals surface area contributed by atoms with Crippen LogP contribution in [0.25, 0.3) is 22.5 Å². The van der Waals surface area contributed by atoms with Gasteiger partial charge in [0.1, 0.15) is 0 Å². The molecule has 2 aromatic carbocycles. The Morgan fingerprint density at radius 3 is 2.35 bits per heavy atom. The van der Waals surface area contributed by atoms with Crippen LogP contribution in [0.15, 0.2) is 57.5 Å². The molecule has 5 heteroatoms. The van der Waals surface area contributed by atoms with Crippen molar-refractivity contribution in [1.29, 1.82) is 0 Å². The molecular weight excluding hydrogens is 340 g/mol. The molecule has 1 aromatic heterocycles. The molecule has 3 aromatic rings. The van der Waals surface area contributed by atoms with Crippen molar-refractivity contribution < 1.29 is 4.52 Å². The summed E-state index contributed by atoms with van der Waals surface area (Å²) in [4.78, 5) is 0. The molecule has 2 N–H and O–H groups in total. The van der Waals surface area contributed by atoms with Gasteiger partial charge in [-0.2, -0.15) is 0 Å². The number of rotatable bonds is 2. The third-order valence-corrected chi connectivity index (χ3v) is 4.00. The number of nitrogens with two attached hydrogens (primary N) is 1. The predicted molar refractivity (Wildman–Crippen MR) is 84.5 cm³/mol. The molecule has 0 fully saturated rings. The van der Waals surface area contributed by atoms with Crippen LogP contribution < -0.4 is 5.73 Å². The summed E-state index contributed by atoms with van der Waals surface area (Å²) in [6.45, 7) is 0. The van der Waals surface area contributed by atoms with E-state index in [-0.39, 0.29) is 0 Å². The quantitative estimate of drug-likeness (QED) is 0.708. The van der Waals surface area contributed by atoms with E-state index < -0.39 is 0 Å². The molecule has 20 heavy (non-hydrogen) atoms. The van der Waals surface area contributed by atoms with Crippen LogP contribution in [-0.2, 0) is 0 Å². The van der Waals surface area contributed by atoms with Crippen molar-refractivity contribution in [2.75, 3.05) is 5.73 Å². The molecule has 0 aliphatic rings. The van der Waals surface area contributed by atoms with Crippen molar-refractivity contribution in [3.05, 3.63) is 58.0 Å². The molecule has 0 saturated heterocycles. The lowest BCUT2D eigenvalue weighted by Crippen LogP contribution is -1.89. The Hall–Kier alpha value is -1.78. The minimum atomic E-state index is 0.323. The fraction of sp³-hybridized carbons (Fsp3) is 0. The van der Waals surface area contributed by atoms with Crippen LogP contribution >= 0.6 is 27.5 Å². The van der Waals surface area contributed by atoms with Gasteiger partial charge in [-0.1, -0.05) is 63.0 Å². The Bertz CT molecular complexity index is 770. The van der Waals surface area contributed by atoms with Crippen LogP contribution in [0.5, 0.6) is 0 Å². The van der Waals surface area contributed by atoms with E-state index in [1.807, 2.05) is 48.5 Å². The van der Waals surface area contributed by atoms with Gasteiger partial charge in [-0.25, -0.2) is 0 Å². The van der Waals surface area contributed by atoms with Crippen LogP contribution in [0, 0.1) is 0 Å². The van der Waals surface area contributed by atoms with Crippen molar-refractivity contribution in [1.82, 2.24) is 5.16 Å². The molecule has 3 rings (SSSR count). The van der Waals surface area contributed by atoms with Gasteiger partial charge in [0.2, 0.25) is 0 Å². The van der Waals surface area contributed by atoms with E-state index in [9.17, 15) is 0 Å². The number of nitrogen functional groups attached to an aromatic ring is 1. The molecule has 0 unspecified atom stereocenters. The monoisotopic (exact) mass is 348 g/mol. The van der Waals surface area contributed by atoms with Crippen LogP contribution in [-0.4, -0.2) is 5.16 Å². The first-order valence-electron chi connectivity index (χ1n) is 5.93. The molecule has 0 aliphatic heterocycles. The molecule has 0 saturated carbocycles. The second-order valence-electron chi connectivity index (χ2n) is 4.23. The zero-order valence-electron chi connectivity index (χ0n) is 10.3. The first-order chi connectivity index (χ1) is 9.68. The SMILES string of the molecule is Nc1noc(-c2ccccc2Br)c1-c1ccccc1Cl. The van der Waals surface area contributed by atoms with E-state index in [0.717, 1.165) is 15.6 Å². The summed E-state index contributed by atoms with van der Waals surface area (Å²) in [5.74, 6) is 0.923. The molecule has 0 bridgehead atoms. The number of hydrogen-bond donors (Lipinski definition) is 1. The number of halogens is 2. The van der Waals surface area contributed by atoms with Gasteiger partial charge in [0.15, 0.2) is 11.6 Å². The van der Waals surface area contributed by atoms with E-state index in [2.05, 4.69) is 21.1 Å². The van der Waals surface area contributed by atoms with Gasteiger partial charge in [0.05, 0.1) is 5.56 Å². The van der Waals surface area contributed by atoms with E-state index in [1.54, 1.807) is 0 Å². The summed E-state index contributed by atoms with van der Waals surface area (Å²) in [7, 11) is 0. The highest BCUT2D eigenvalue weighted by Crippen LogP contribution is 2.41. The van der Waals surface area contributed by atoms with E-state index in [4.69, 9.17) is 21.9 Å². The minimum absolute atomic E-state index is 0.323. The van der Waals surface area contributed by atoms with Gasteiger partial charge in [-0.05, 0) is 18.2 Å². The molecule has 0 aliphatic carbocycles. The summed E-state index contributed by atoms with van der Waals surface area (Å²) in [6, 6.07) is 15.2. The van der Waals surface area contributed by atoms with Crippen LogP contribution in [0.2, 0.25) is 5.02 Å². The molecule has 1 heterocycles. The average Bonchev–Trinajstić information content (AvgIpc) is 2.82. The highest BCUT2D eigenvalue weighted by molar-refractivity contribution is 9.10. The number of hydrogen-bond acceptors (Lipinski definition) is 3. The van der Waals surface area contributed by atoms with E-state index in [0.29, 0.717) is 22.2 Å². The number of aromatic nitrogens is 1.